The van der Waals surface area contributed by atoms with Crippen molar-refractivity contribution in [1.29, 1.82) is 0 Å². The number of aryl methyl sites for hydroxylation is 2. The van der Waals surface area contributed by atoms with Gasteiger partial charge in [0.1, 0.15) is 11.4 Å². The van der Waals surface area contributed by atoms with Crippen molar-refractivity contribution in [3.8, 4) is 0 Å². The van der Waals surface area contributed by atoms with Crippen molar-refractivity contribution in [1.82, 2.24) is 9.97 Å². The molecule has 0 unspecified atom stereocenters. The number of ketones is 2. The lowest BCUT2D eigenvalue weighted by atomic mass is 9.83. The van der Waals surface area contributed by atoms with Crippen LogP contribution in [0, 0.1) is 13.8 Å². The van der Waals surface area contributed by atoms with Crippen LogP contribution in [0.5, 0.6) is 0 Å². The molecule has 0 N–H and O–H groups in total. The van der Waals surface area contributed by atoms with Crippen molar-refractivity contribution < 1.29 is 9.59 Å². The average molecular weight is 294 g/mol. The predicted octanol–water partition coefficient (Wildman–Crippen LogP) is 2.99. The summed E-state index contributed by atoms with van der Waals surface area (Å²) in [6.45, 7) is 7.81. The maximum absolute atomic E-state index is 13.0. The summed E-state index contributed by atoms with van der Waals surface area (Å²) in [6.07, 6.45) is 4.95. The van der Waals surface area contributed by atoms with E-state index >= 15 is 0 Å². The molecule has 0 radical (unpaired) electrons. The molecule has 2 aromatic rings. The minimum Gasteiger partial charge on any atom is -0.288 e. The number of rotatable bonds is 2. The van der Waals surface area contributed by atoms with Crippen molar-refractivity contribution in [2.45, 2.75) is 40.5 Å². The van der Waals surface area contributed by atoms with Crippen LogP contribution in [0.1, 0.15) is 68.2 Å². The van der Waals surface area contributed by atoms with E-state index < -0.39 is 0 Å². The van der Waals surface area contributed by atoms with E-state index in [4.69, 9.17) is 0 Å². The quantitative estimate of drug-likeness (QED) is 0.729. The number of hydrogen-bond donors (Lipinski definition) is 0. The standard InChI is InChI=1S/C18H18N2O2/c1-5-11-7-19-15-13(9(11)3)17(21)14-10(4)12(6-2)8-20-16(14)18(15)22/h7-8H,5-6H2,1-4H3. The molecule has 0 atom stereocenters. The summed E-state index contributed by atoms with van der Waals surface area (Å²) in [7, 11) is 0. The highest BCUT2D eigenvalue weighted by atomic mass is 16.1. The van der Waals surface area contributed by atoms with Crippen molar-refractivity contribution in [3.05, 3.63) is 57.2 Å². The molecule has 0 bridgehead atoms. The molecular formula is C18H18N2O2. The second-order valence-corrected chi connectivity index (χ2v) is 5.63. The Hall–Kier alpha value is -2.36. The Morgan fingerprint density at radius 2 is 1.18 bits per heavy atom. The first kappa shape index (κ1) is 14.6. The van der Waals surface area contributed by atoms with Crippen LogP contribution in [-0.2, 0) is 12.8 Å². The molecule has 2 heterocycles. The van der Waals surface area contributed by atoms with Crippen LogP contribution in [-0.4, -0.2) is 21.5 Å². The number of carbonyl (C=O) groups is 2. The van der Waals surface area contributed by atoms with Crippen molar-refractivity contribution in [2.24, 2.45) is 0 Å². The molecule has 0 amide bonds. The third-order valence-electron chi connectivity index (χ3n) is 4.53. The number of aromatic nitrogens is 2. The van der Waals surface area contributed by atoms with E-state index in [1.807, 2.05) is 27.7 Å². The van der Waals surface area contributed by atoms with Crippen LogP contribution < -0.4 is 0 Å². The zero-order valence-corrected chi connectivity index (χ0v) is 13.3. The largest absolute Gasteiger partial charge is 0.288 e. The minimum absolute atomic E-state index is 0.120. The van der Waals surface area contributed by atoms with Crippen LogP contribution in [0.3, 0.4) is 0 Å². The Bertz CT molecular complexity index is 757. The highest BCUT2D eigenvalue weighted by Crippen LogP contribution is 2.31. The van der Waals surface area contributed by atoms with E-state index in [1.165, 1.54) is 0 Å². The fraction of sp³-hybridized carbons (Fsp3) is 0.333. The zero-order chi connectivity index (χ0) is 16.0. The lowest BCUT2D eigenvalue weighted by Crippen LogP contribution is -2.27. The number of nitrogens with zero attached hydrogens (tertiary/aromatic N) is 2. The maximum atomic E-state index is 13.0. The minimum atomic E-state index is -0.249. The molecule has 1 aliphatic carbocycles. The average Bonchev–Trinajstić information content (AvgIpc) is 2.52. The Morgan fingerprint density at radius 1 is 0.773 bits per heavy atom. The fourth-order valence-corrected chi connectivity index (χ4v) is 3.13. The SMILES string of the molecule is CCc1cnc2c(c1C)C(=O)c1c(ncc(CC)c1C)C2=O. The second-order valence-electron chi connectivity index (χ2n) is 5.63. The van der Waals surface area contributed by atoms with E-state index in [0.29, 0.717) is 11.1 Å². The molecule has 0 spiro atoms. The van der Waals surface area contributed by atoms with Gasteiger partial charge in [0.05, 0.1) is 11.1 Å². The van der Waals surface area contributed by atoms with Gasteiger partial charge in [0, 0.05) is 12.4 Å². The van der Waals surface area contributed by atoms with Gasteiger partial charge in [-0.1, -0.05) is 13.8 Å². The van der Waals surface area contributed by atoms with Gasteiger partial charge in [0.25, 0.3) is 0 Å². The summed E-state index contributed by atoms with van der Waals surface area (Å²) in [5.74, 6) is -0.369. The molecule has 1 aliphatic rings. The lowest BCUT2D eigenvalue weighted by molar-refractivity contribution is 0.0970. The van der Waals surface area contributed by atoms with Gasteiger partial charge >= 0.3 is 0 Å². The summed E-state index contributed by atoms with van der Waals surface area (Å²) in [4.78, 5) is 34.2. The van der Waals surface area contributed by atoms with E-state index in [2.05, 4.69) is 9.97 Å². The zero-order valence-electron chi connectivity index (χ0n) is 13.3. The van der Waals surface area contributed by atoms with Crippen molar-refractivity contribution in [2.75, 3.05) is 0 Å². The van der Waals surface area contributed by atoms with Gasteiger partial charge in [-0.3, -0.25) is 19.6 Å². The molecule has 112 valence electrons. The summed E-state index contributed by atoms with van der Waals surface area (Å²) >= 11 is 0. The molecule has 0 saturated heterocycles. The topological polar surface area (TPSA) is 59.9 Å². The molecule has 4 nitrogen and oxygen atoms in total. The number of carbonyl (C=O) groups excluding carboxylic acids is 2. The first-order chi connectivity index (χ1) is 10.5. The molecule has 3 rings (SSSR count). The van der Waals surface area contributed by atoms with Gasteiger partial charge in [-0.25, -0.2) is 0 Å². The van der Waals surface area contributed by atoms with Crippen molar-refractivity contribution >= 4 is 11.6 Å². The second kappa shape index (κ2) is 5.13. The summed E-state index contributed by atoms with van der Waals surface area (Å²) in [5.41, 5.74) is 5.11. The van der Waals surface area contributed by atoms with Crippen molar-refractivity contribution in [3.63, 3.8) is 0 Å². The maximum Gasteiger partial charge on any atom is 0.231 e. The van der Waals surface area contributed by atoms with Gasteiger partial charge in [0.15, 0.2) is 5.78 Å². The summed E-state index contributed by atoms with van der Waals surface area (Å²) in [5, 5.41) is 0. The van der Waals surface area contributed by atoms with Gasteiger partial charge in [-0.05, 0) is 48.9 Å². The molecule has 0 saturated carbocycles. The highest BCUT2D eigenvalue weighted by Gasteiger charge is 2.35. The normalized spacial score (nSPS) is 13.1. The van der Waals surface area contributed by atoms with E-state index in [-0.39, 0.29) is 23.0 Å². The monoisotopic (exact) mass is 294 g/mol. The van der Waals surface area contributed by atoms with Gasteiger partial charge < -0.3 is 0 Å². The Kier molecular flexibility index (Phi) is 3.39. The van der Waals surface area contributed by atoms with E-state index in [0.717, 1.165) is 35.1 Å². The Balaban J connectivity index is 2.34. The van der Waals surface area contributed by atoms with Gasteiger partial charge in [-0.15, -0.1) is 0 Å². The first-order valence-electron chi connectivity index (χ1n) is 7.57. The van der Waals surface area contributed by atoms with E-state index in [9.17, 15) is 9.59 Å². The molecule has 0 aromatic carbocycles. The highest BCUT2D eigenvalue weighted by molar-refractivity contribution is 6.28. The summed E-state index contributed by atoms with van der Waals surface area (Å²) in [6, 6.07) is 0. The lowest BCUT2D eigenvalue weighted by Gasteiger charge is -2.21. The van der Waals surface area contributed by atoms with Crippen LogP contribution >= 0.6 is 0 Å². The number of pyridine rings is 2. The molecule has 0 fully saturated rings. The summed E-state index contributed by atoms with van der Waals surface area (Å²) < 4.78 is 0. The molecule has 22 heavy (non-hydrogen) atoms. The fourth-order valence-electron chi connectivity index (χ4n) is 3.13. The molecule has 0 aliphatic heterocycles. The third-order valence-corrected chi connectivity index (χ3v) is 4.53. The molecule has 4 heteroatoms. The van der Waals surface area contributed by atoms with Gasteiger partial charge in [-0.2, -0.15) is 0 Å². The number of fused-ring (bicyclic) bond motifs is 2. The molecule has 2 aromatic heterocycles. The Morgan fingerprint density at radius 3 is 1.55 bits per heavy atom. The van der Waals surface area contributed by atoms with Gasteiger partial charge in [0.2, 0.25) is 5.78 Å². The molecular weight excluding hydrogens is 276 g/mol. The number of hydrogen-bond acceptors (Lipinski definition) is 4. The predicted molar refractivity (Wildman–Crippen MR) is 83.6 cm³/mol. The first-order valence-corrected chi connectivity index (χ1v) is 7.57. The van der Waals surface area contributed by atoms with E-state index in [1.54, 1.807) is 12.4 Å². The van der Waals surface area contributed by atoms with Crippen LogP contribution in [0.4, 0.5) is 0 Å². The van der Waals surface area contributed by atoms with Crippen LogP contribution in [0.25, 0.3) is 0 Å². The smallest absolute Gasteiger partial charge is 0.231 e. The van der Waals surface area contributed by atoms with Crippen LogP contribution in [0.2, 0.25) is 0 Å². The van der Waals surface area contributed by atoms with Crippen LogP contribution in [0.15, 0.2) is 12.4 Å². The Labute approximate surface area is 129 Å². The third kappa shape index (κ3) is 1.83.